The van der Waals surface area contributed by atoms with Crippen LogP contribution in [-0.2, 0) is 9.59 Å². The van der Waals surface area contributed by atoms with Crippen LogP contribution in [0.15, 0.2) is 48.5 Å². The van der Waals surface area contributed by atoms with Crippen molar-refractivity contribution in [1.82, 2.24) is 5.32 Å². The van der Waals surface area contributed by atoms with Crippen LogP contribution in [0.4, 0.5) is 11.4 Å². The third-order valence-corrected chi connectivity index (χ3v) is 5.65. The van der Waals surface area contributed by atoms with E-state index in [2.05, 4.69) is 34.9 Å². The summed E-state index contributed by atoms with van der Waals surface area (Å²) in [5.41, 5.74) is 8.22. The predicted octanol–water partition coefficient (Wildman–Crippen LogP) is 0.326. The molecule has 164 valence electrons. The summed E-state index contributed by atoms with van der Waals surface area (Å²) in [6, 6.07) is 14.5. The van der Waals surface area contributed by atoms with E-state index in [9.17, 15) is 14.4 Å². The van der Waals surface area contributed by atoms with Gasteiger partial charge in [-0.2, -0.15) is 0 Å². The summed E-state index contributed by atoms with van der Waals surface area (Å²) in [6.07, 6.45) is 2.33. The smallest absolute Gasteiger partial charge is 0.313 e. The van der Waals surface area contributed by atoms with Crippen LogP contribution in [0.5, 0.6) is 0 Å². The van der Waals surface area contributed by atoms with Crippen LogP contribution >= 0.6 is 0 Å². The van der Waals surface area contributed by atoms with Gasteiger partial charge in [0.05, 0.1) is 19.6 Å². The number of carbonyl (C=O) groups is 3. The number of hydrogen-bond acceptors (Lipinski definition) is 4. The lowest BCUT2D eigenvalue weighted by Gasteiger charge is -2.25. The Morgan fingerprint density at radius 3 is 2.13 bits per heavy atom. The fourth-order valence-electron chi connectivity index (χ4n) is 3.86. The first-order chi connectivity index (χ1) is 14.8. The second kappa shape index (κ2) is 10.1. The lowest BCUT2D eigenvalue weighted by atomic mass is 10.0. The Hall–Kier alpha value is -3.39. The molecule has 31 heavy (non-hydrogen) atoms. The second-order valence-corrected chi connectivity index (χ2v) is 8.01. The number of hydrogen-bond donors (Lipinski definition) is 4. The topological polar surface area (TPSA) is 109 Å². The van der Waals surface area contributed by atoms with Crippen molar-refractivity contribution in [3.8, 4) is 0 Å². The van der Waals surface area contributed by atoms with Crippen LogP contribution in [0, 0.1) is 0 Å². The largest absolute Gasteiger partial charge is 0.378 e. The van der Waals surface area contributed by atoms with Gasteiger partial charge < -0.3 is 26.2 Å². The quantitative estimate of drug-likeness (QED) is 0.480. The highest BCUT2D eigenvalue weighted by atomic mass is 16.2. The number of nitrogens with zero attached hydrogens (tertiary/aromatic N) is 1. The van der Waals surface area contributed by atoms with Crippen molar-refractivity contribution in [3.05, 3.63) is 59.7 Å². The van der Waals surface area contributed by atoms with Crippen LogP contribution in [0.2, 0.25) is 0 Å². The molecule has 0 spiro atoms. The molecule has 3 rings (SSSR count). The predicted molar refractivity (Wildman–Crippen MR) is 120 cm³/mol. The number of quaternary nitrogens is 1. The van der Waals surface area contributed by atoms with Gasteiger partial charge in [-0.15, -0.1) is 0 Å². The van der Waals surface area contributed by atoms with Crippen molar-refractivity contribution in [1.29, 1.82) is 0 Å². The van der Waals surface area contributed by atoms with Gasteiger partial charge in [0.2, 0.25) is 5.91 Å². The highest BCUT2D eigenvalue weighted by Crippen LogP contribution is 2.17. The number of benzene rings is 2. The molecule has 3 amide bonds. The standard InChI is InChI=1S/C23H29N5O3/c1-27(2)19-11-7-16(8-12-19)20(28-13-3-4-14-28)15-25-22(30)23(31)26-18-9-5-17(6-10-18)21(24)29/h5-12,20H,3-4,13-15H2,1-2H3,(H2,24,29)(H,25,30)(H,26,31)/p+1/t20-/m1/s1. The van der Waals surface area contributed by atoms with E-state index >= 15 is 0 Å². The molecule has 0 saturated carbocycles. The second-order valence-electron chi connectivity index (χ2n) is 8.01. The number of nitrogens with one attached hydrogen (secondary N) is 3. The fraction of sp³-hybridized carbons (Fsp3) is 0.348. The number of likely N-dealkylation sites (tertiary alicyclic amines) is 1. The first kappa shape index (κ1) is 22.3. The van der Waals surface area contributed by atoms with E-state index in [1.807, 2.05) is 19.0 Å². The summed E-state index contributed by atoms with van der Waals surface area (Å²) >= 11 is 0. The zero-order valence-electron chi connectivity index (χ0n) is 18.0. The number of primary amides is 1. The molecule has 8 heteroatoms. The van der Waals surface area contributed by atoms with Crippen molar-refractivity contribution in [2.24, 2.45) is 5.73 Å². The SMILES string of the molecule is CN(C)c1ccc([C@@H](CNC(=O)C(=O)Nc2ccc(C(N)=O)cc2)[NH+]2CCCC2)cc1. The number of amides is 3. The first-order valence-electron chi connectivity index (χ1n) is 10.5. The molecule has 0 aliphatic carbocycles. The number of anilines is 2. The molecule has 1 aliphatic rings. The maximum absolute atomic E-state index is 12.4. The summed E-state index contributed by atoms with van der Waals surface area (Å²) in [7, 11) is 4.00. The van der Waals surface area contributed by atoms with Crippen LogP contribution in [0.1, 0.15) is 34.8 Å². The Bertz CT molecular complexity index is 919. The molecule has 2 aromatic carbocycles. The maximum Gasteiger partial charge on any atom is 0.313 e. The lowest BCUT2D eigenvalue weighted by molar-refractivity contribution is -0.918. The van der Waals surface area contributed by atoms with Crippen LogP contribution in [-0.4, -0.2) is 51.5 Å². The van der Waals surface area contributed by atoms with Crippen LogP contribution < -0.4 is 26.2 Å². The van der Waals surface area contributed by atoms with Gasteiger partial charge >= 0.3 is 11.8 Å². The minimum Gasteiger partial charge on any atom is -0.378 e. The molecule has 0 radical (unpaired) electrons. The van der Waals surface area contributed by atoms with Crippen molar-refractivity contribution in [3.63, 3.8) is 0 Å². The third-order valence-electron chi connectivity index (χ3n) is 5.65. The molecule has 0 unspecified atom stereocenters. The summed E-state index contributed by atoms with van der Waals surface area (Å²) in [5, 5.41) is 5.33. The third kappa shape index (κ3) is 5.82. The molecule has 1 aliphatic heterocycles. The van der Waals surface area contributed by atoms with Gasteiger partial charge in [0, 0.05) is 49.4 Å². The summed E-state index contributed by atoms with van der Waals surface area (Å²) in [6.45, 7) is 2.48. The normalized spacial score (nSPS) is 14.6. The summed E-state index contributed by atoms with van der Waals surface area (Å²) in [5.74, 6) is -1.98. The fourth-order valence-corrected chi connectivity index (χ4v) is 3.86. The average Bonchev–Trinajstić information content (AvgIpc) is 3.29. The molecule has 8 nitrogen and oxygen atoms in total. The maximum atomic E-state index is 12.4. The lowest BCUT2D eigenvalue weighted by Crippen LogP contribution is -3.11. The van der Waals surface area contributed by atoms with Gasteiger partial charge in [0.1, 0.15) is 6.04 Å². The van der Waals surface area contributed by atoms with Crippen molar-refractivity contribution >= 4 is 29.1 Å². The zero-order valence-corrected chi connectivity index (χ0v) is 18.0. The molecule has 1 atom stereocenters. The number of rotatable bonds is 7. The number of carbonyl (C=O) groups excluding carboxylic acids is 3. The van der Waals surface area contributed by atoms with Crippen LogP contribution in [0.3, 0.4) is 0 Å². The van der Waals surface area contributed by atoms with Crippen LogP contribution in [0.25, 0.3) is 0 Å². The van der Waals surface area contributed by atoms with E-state index in [4.69, 9.17) is 5.73 Å². The Labute approximate surface area is 182 Å². The first-order valence-corrected chi connectivity index (χ1v) is 10.5. The average molecular weight is 425 g/mol. The Kier molecular flexibility index (Phi) is 7.25. The molecule has 1 heterocycles. The van der Waals surface area contributed by atoms with E-state index < -0.39 is 17.7 Å². The highest BCUT2D eigenvalue weighted by molar-refractivity contribution is 6.39. The van der Waals surface area contributed by atoms with Crippen molar-refractivity contribution in [2.75, 3.05) is 43.9 Å². The highest BCUT2D eigenvalue weighted by Gasteiger charge is 2.28. The van der Waals surface area contributed by atoms with Gasteiger partial charge in [-0.3, -0.25) is 14.4 Å². The minimum atomic E-state index is -0.745. The molecular weight excluding hydrogens is 394 g/mol. The molecule has 1 fully saturated rings. The monoisotopic (exact) mass is 424 g/mol. The Morgan fingerprint density at radius 2 is 1.58 bits per heavy atom. The van der Waals surface area contributed by atoms with Gasteiger partial charge in [-0.1, -0.05) is 12.1 Å². The van der Waals surface area contributed by atoms with Gasteiger partial charge in [0.15, 0.2) is 0 Å². The van der Waals surface area contributed by atoms with E-state index in [1.54, 1.807) is 0 Å². The van der Waals surface area contributed by atoms with Crippen molar-refractivity contribution in [2.45, 2.75) is 18.9 Å². The summed E-state index contributed by atoms with van der Waals surface area (Å²) in [4.78, 5) is 39.3. The zero-order chi connectivity index (χ0) is 22.4. The summed E-state index contributed by atoms with van der Waals surface area (Å²) < 4.78 is 0. The van der Waals surface area contributed by atoms with E-state index in [1.165, 1.54) is 29.2 Å². The molecule has 0 aromatic heterocycles. The van der Waals surface area contributed by atoms with Crippen molar-refractivity contribution < 1.29 is 19.3 Å². The van der Waals surface area contributed by atoms with Gasteiger partial charge in [0.25, 0.3) is 0 Å². The number of nitrogens with two attached hydrogens (primary N) is 1. The Morgan fingerprint density at radius 1 is 0.968 bits per heavy atom. The van der Waals surface area contributed by atoms with E-state index in [0.717, 1.165) is 37.2 Å². The Balaban J connectivity index is 1.62. The van der Waals surface area contributed by atoms with Gasteiger partial charge in [-0.25, -0.2) is 0 Å². The van der Waals surface area contributed by atoms with E-state index in [0.29, 0.717) is 17.8 Å². The minimum absolute atomic E-state index is 0.0883. The molecule has 2 aromatic rings. The van der Waals surface area contributed by atoms with E-state index in [-0.39, 0.29) is 6.04 Å². The molecule has 5 N–H and O–H groups in total. The molecular formula is C23H30N5O3+. The molecule has 0 bridgehead atoms. The van der Waals surface area contributed by atoms with Gasteiger partial charge in [-0.05, 0) is 36.4 Å². The molecule has 1 saturated heterocycles.